The Labute approximate surface area is 175 Å². The van der Waals surface area contributed by atoms with Crippen molar-refractivity contribution in [1.29, 1.82) is 0 Å². The zero-order valence-corrected chi connectivity index (χ0v) is 17.0. The predicted molar refractivity (Wildman–Crippen MR) is 112 cm³/mol. The smallest absolute Gasteiger partial charge is 0.253 e. The van der Waals surface area contributed by atoms with Crippen LogP contribution in [0.4, 0.5) is 0 Å². The Kier molecular flexibility index (Phi) is 6.90. The highest BCUT2D eigenvalue weighted by molar-refractivity contribution is 5.94. The summed E-state index contributed by atoms with van der Waals surface area (Å²) in [5.74, 6) is 0.655. The summed E-state index contributed by atoms with van der Waals surface area (Å²) in [6.07, 6.45) is 2.65. The summed E-state index contributed by atoms with van der Waals surface area (Å²) in [6.45, 7) is 1.03. The number of rotatable bonds is 6. The number of hydrogen-bond donors (Lipinski definition) is 2. The highest BCUT2D eigenvalue weighted by Gasteiger charge is 2.27. The number of nitrogens with zero attached hydrogens (tertiary/aromatic N) is 2. The van der Waals surface area contributed by atoms with Crippen LogP contribution in [0.25, 0.3) is 0 Å². The molecule has 2 N–H and O–H groups in total. The molecule has 1 aliphatic rings. The summed E-state index contributed by atoms with van der Waals surface area (Å²) >= 11 is 0. The van der Waals surface area contributed by atoms with Crippen molar-refractivity contribution in [2.24, 2.45) is 11.0 Å². The number of likely N-dealkylation sites (tertiary alicyclic amines) is 1. The van der Waals surface area contributed by atoms with Gasteiger partial charge in [-0.2, -0.15) is 5.10 Å². The van der Waals surface area contributed by atoms with Gasteiger partial charge in [0.25, 0.3) is 5.91 Å². The molecule has 3 rings (SSSR count). The molecular formula is C22H25N3O5. The van der Waals surface area contributed by atoms with Crippen molar-refractivity contribution in [3.63, 3.8) is 0 Å². The van der Waals surface area contributed by atoms with Crippen LogP contribution in [0, 0.1) is 5.92 Å². The molecule has 0 spiro atoms. The van der Waals surface area contributed by atoms with E-state index in [4.69, 9.17) is 9.47 Å². The molecular weight excluding hydrogens is 386 g/mol. The van der Waals surface area contributed by atoms with Crippen molar-refractivity contribution in [1.82, 2.24) is 10.3 Å². The molecule has 2 aromatic carbocycles. The third-order valence-corrected chi connectivity index (χ3v) is 5.08. The fourth-order valence-electron chi connectivity index (χ4n) is 3.30. The maximum atomic E-state index is 12.6. The molecule has 0 bridgehead atoms. The SMILES string of the molecule is COc1ccc(C(=O)N2CCC(C(=O)N/N=C\c3ccc(O)c(OC)c3)CC2)cc1. The zero-order chi connectivity index (χ0) is 21.5. The van der Waals surface area contributed by atoms with E-state index >= 15 is 0 Å². The number of methoxy groups -OCH3 is 2. The molecule has 0 atom stereocenters. The van der Waals surface area contributed by atoms with Crippen molar-refractivity contribution in [2.45, 2.75) is 12.8 Å². The van der Waals surface area contributed by atoms with Gasteiger partial charge >= 0.3 is 0 Å². The standard InChI is InChI=1S/C22H25N3O5/c1-29-18-6-4-17(5-7-18)22(28)25-11-9-16(10-12-25)21(27)24-23-14-15-3-8-19(26)20(13-15)30-2/h3-8,13-14,16,26H,9-12H2,1-2H3,(H,24,27)/b23-14-. The number of ether oxygens (including phenoxy) is 2. The maximum Gasteiger partial charge on any atom is 0.253 e. The summed E-state index contributed by atoms with van der Waals surface area (Å²) in [7, 11) is 3.04. The van der Waals surface area contributed by atoms with Gasteiger partial charge in [-0.25, -0.2) is 5.43 Å². The largest absolute Gasteiger partial charge is 0.504 e. The van der Waals surface area contributed by atoms with Crippen molar-refractivity contribution in [2.75, 3.05) is 27.3 Å². The summed E-state index contributed by atoms with van der Waals surface area (Å²) in [5, 5.41) is 13.6. The molecule has 1 saturated heterocycles. The minimum atomic E-state index is -0.198. The lowest BCUT2D eigenvalue weighted by Crippen LogP contribution is -2.42. The van der Waals surface area contributed by atoms with Crippen molar-refractivity contribution >= 4 is 18.0 Å². The van der Waals surface area contributed by atoms with Gasteiger partial charge in [-0.1, -0.05) is 0 Å². The number of aromatic hydroxyl groups is 1. The Balaban J connectivity index is 1.49. The number of benzene rings is 2. The second-order valence-electron chi connectivity index (χ2n) is 6.96. The fraction of sp³-hybridized carbons (Fsp3) is 0.318. The van der Waals surface area contributed by atoms with Crippen molar-refractivity contribution in [3.8, 4) is 17.2 Å². The highest BCUT2D eigenvalue weighted by Crippen LogP contribution is 2.25. The van der Waals surface area contributed by atoms with E-state index in [0.717, 1.165) is 0 Å². The number of hydrazone groups is 1. The Morgan fingerprint density at radius 3 is 2.43 bits per heavy atom. The molecule has 0 unspecified atom stereocenters. The van der Waals surface area contributed by atoms with Crippen LogP contribution in [0.5, 0.6) is 17.2 Å². The number of carbonyl (C=O) groups is 2. The molecule has 0 radical (unpaired) electrons. The molecule has 158 valence electrons. The maximum absolute atomic E-state index is 12.6. The van der Waals surface area contributed by atoms with E-state index in [1.807, 2.05) is 0 Å². The van der Waals surface area contributed by atoms with Crippen molar-refractivity contribution < 1.29 is 24.2 Å². The Bertz CT molecular complexity index is 919. The lowest BCUT2D eigenvalue weighted by atomic mass is 9.95. The minimum absolute atomic E-state index is 0.0367. The van der Waals surface area contributed by atoms with E-state index < -0.39 is 0 Å². The monoisotopic (exact) mass is 411 g/mol. The van der Waals surface area contributed by atoms with E-state index in [0.29, 0.717) is 48.6 Å². The van der Waals surface area contributed by atoms with Crippen molar-refractivity contribution in [3.05, 3.63) is 53.6 Å². The molecule has 2 amide bonds. The van der Waals surface area contributed by atoms with Gasteiger partial charge in [0.05, 0.1) is 20.4 Å². The molecule has 1 fully saturated rings. The number of carbonyl (C=O) groups excluding carboxylic acids is 2. The molecule has 30 heavy (non-hydrogen) atoms. The van der Waals surface area contributed by atoms with Gasteiger partial charge in [0.15, 0.2) is 11.5 Å². The van der Waals surface area contributed by atoms with E-state index in [2.05, 4.69) is 10.5 Å². The Morgan fingerprint density at radius 1 is 1.10 bits per heavy atom. The minimum Gasteiger partial charge on any atom is -0.504 e. The number of phenols is 1. The Hall–Kier alpha value is -3.55. The molecule has 8 nitrogen and oxygen atoms in total. The van der Waals surface area contributed by atoms with Crippen LogP contribution in [0.15, 0.2) is 47.6 Å². The number of amides is 2. The van der Waals surface area contributed by atoms with Crippen LogP contribution >= 0.6 is 0 Å². The van der Waals surface area contributed by atoms with Gasteiger partial charge < -0.3 is 19.5 Å². The topological polar surface area (TPSA) is 100 Å². The molecule has 0 saturated carbocycles. The van der Waals surface area contributed by atoms with Crippen LogP contribution in [0.2, 0.25) is 0 Å². The number of nitrogens with one attached hydrogen (secondary N) is 1. The number of phenolic OH excluding ortho intramolecular Hbond substituents is 1. The normalized spacial score (nSPS) is 14.5. The van der Waals surface area contributed by atoms with Crippen LogP contribution in [-0.4, -0.2) is 55.3 Å². The molecule has 2 aromatic rings. The van der Waals surface area contributed by atoms with Crippen LogP contribution in [0.1, 0.15) is 28.8 Å². The summed E-state index contributed by atoms with van der Waals surface area (Å²) in [6, 6.07) is 11.8. The highest BCUT2D eigenvalue weighted by atomic mass is 16.5. The van der Waals surface area contributed by atoms with Gasteiger partial charge in [-0.05, 0) is 60.9 Å². The van der Waals surface area contributed by atoms with E-state index in [9.17, 15) is 14.7 Å². The van der Waals surface area contributed by atoms with Gasteiger partial charge in [0.2, 0.25) is 5.91 Å². The quantitative estimate of drug-likeness (QED) is 0.562. The van der Waals surface area contributed by atoms with E-state index in [-0.39, 0.29) is 23.5 Å². The third kappa shape index (κ3) is 5.08. The van der Waals surface area contributed by atoms with Crippen LogP contribution in [0.3, 0.4) is 0 Å². The average Bonchev–Trinajstić information content (AvgIpc) is 2.79. The first-order chi connectivity index (χ1) is 14.5. The molecule has 1 aliphatic heterocycles. The van der Waals surface area contributed by atoms with Gasteiger partial charge in [-0.3, -0.25) is 9.59 Å². The number of hydrogen-bond acceptors (Lipinski definition) is 6. The first-order valence-corrected chi connectivity index (χ1v) is 9.65. The summed E-state index contributed by atoms with van der Waals surface area (Å²) in [4.78, 5) is 26.8. The molecule has 1 heterocycles. The lowest BCUT2D eigenvalue weighted by molar-refractivity contribution is -0.126. The Morgan fingerprint density at radius 2 is 1.80 bits per heavy atom. The van der Waals surface area contributed by atoms with E-state index in [1.54, 1.807) is 48.4 Å². The van der Waals surface area contributed by atoms with Gasteiger partial charge in [0, 0.05) is 24.6 Å². The third-order valence-electron chi connectivity index (χ3n) is 5.08. The van der Waals surface area contributed by atoms with Gasteiger partial charge in [0.1, 0.15) is 5.75 Å². The van der Waals surface area contributed by atoms with Crippen LogP contribution in [-0.2, 0) is 4.79 Å². The average molecular weight is 411 g/mol. The first-order valence-electron chi connectivity index (χ1n) is 9.65. The second-order valence-corrected chi connectivity index (χ2v) is 6.96. The van der Waals surface area contributed by atoms with Gasteiger partial charge in [-0.15, -0.1) is 0 Å². The summed E-state index contributed by atoms with van der Waals surface area (Å²) < 4.78 is 10.2. The molecule has 0 aliphatic carbocycles. The van der Waals surface area contributed by atoms with E-state index in [1.165, 1.54) is 19.4 Å². The molecule has 0 aromatic heterocycles. The number of piperidine rings is 1. The zero-order valence-electron chi connectivity index (χ0n) is 17.0. The lowest BCUT2D eigenvalue weighted by Gasteiger charge is -2.31. The predicted octanol–water partition coefficient (Wildman–Crippen LogP) is 2.41. The molecule has 8 heteroatoms. The fourth-order valence-corrected chi connectivity index (χ4v) is 3.30. The summed E-state index contributed by atoms with van der Waals surface area (Å²) in [5.41, 5.74) is 3.84. The first kappa shape index (κ1) is 21.2. The van der Waals surface area contributed by atoms with Crippen LogP contribution < -0.4 is 14.9 Å². The second kappa shape index (κ2) is 9.78.